The minimum Gasteiger partial charge on any atom is -0.470 e. The fourth-order valence-corrected chi connectivity index (χ4v) is 4.32. The highest BCUT2D eigenvalue weighted by Crippen LogP contribution is 2.34. The van der Waals surface area contributed by atoms with Gasteiger partial charge in [-0.15, -0.1) is 0 Å². The second-order valence-electron chi connectivity index (χ2n) is 9.71. The Morgan fingerprint density at radius 3 is 2.69 bits per heavy atom. The highest BCUT2D eigenvalue weighted by Gasteiger charge is 2.31. The van der Waals surface area contributed by atoms with E-state index in [4.69, 9.17) is 15.2 Å². The molecule has 0 saturated carbocycles. The number of carbonyl (C=O) groups excluding carboxylic acids is 2. The van der Waals surface area contributed by atoms with Crippen molar-refractivity contribution in [3.8, 4) is 5.88 Å². The number of amides is 1. The number of nitrogens with zero attached hydrogens (tertiary/aromatic N) is 4. The normalized spacial score (nSPS) is 18.0. The fraction of sp³-hybridized carbons (Fsp3) is 0.400. The average Bonchev–Trinajstić information content (AvgIpc) is 2.74. The molecular formula is C25H28N6O4. The first-order valence-corrected chi connectivity index (χ1v) is 11.6. The monoisotopic (exact) mass is 476 g/mol. The molecule has 0 radical (unpaired) electrons. The Bertz CT molecular complexity index is 1330. The summed E-state index contributed by atoms with van der Waals surface area (Å²) in [7, 11) is 0. The lowest BCUT2D eigenvalue weighted by Crippen LogP contribution is -2.55. The molecule has 182 valence electrons. The van der Waals surface area contributed by atoms with Crippen molar-refractivity contribution in [2.45, 2.75) is 51.9 Å². The van der Waals surface area contributed by atoms with Crippen LogP contribution in [-0.4, -0.2) is 57.0 Å². The number of rotatable bonds is 5. The van der Waals surface area contributed by atoms with Crippen LogP contribution in [0.3, 0.4) is 0 Å². The van der Waals surface area contributed by atoms with E-state index in [1.807, 2.05) is 26.8 Å². The Morgan fingerprint density at radius 2 is 1.97 bits per heavy atom. The van der Waals surface area contributed by atoms with Crippen molar-refractivity contribution < 1.29 is 19.1 Å². The zero-order valence-corrected chi connectivity index (χ0v) is 20.2. The van der Waals surface area contributed by atoms with Crippen LogP contribution in [-0.2, 0) is 21.5 Å². The zero-order chi connectivity index (χ0) is 24.9. The molecule has 3 aromatic rings. The molecule has 10 heteroatoms. The topological polar surface area (TPSA) is 133 Å². The summed E-state index contributed by atoms with van der Waals surface area (Å²) >= 11 is 0. The Hall–Kier alpha value is -3.79. The van der Waals surface area contributed by atoms with Gasteiger partial charge in [0.1, 0.15) is 23.8 Å². The number of carbonyl (C=O) groups is 2. The third kappa shape index (κ3) is 4.49. The summed E-state index contributed by atoms with van der Waals surface area (Å²) in [5.41, 5.74) is 7.83. The van der Waals surface area contributed by atoms with Crippen LogP contribution in [0.25, 0.3) is 10.8 Å². The first-order valence-electron chi connectivity index (χ1n) is 11.6. The Balaban J connectivity index is 1.46. The first-order chi connectivity index (χ1) is 16.6. The summed E-state index contributed by atoms with van der Waals surface area (Å²) in [5, 5.41) is 4.83. The lowest BCUT2D eigenvalue weighted by Gasteiger charge is -2.38. The molecule has 0 aliphatic carbocycles. The van der Waals surface area contributed by atoms with Crippen molar-refractivity contribution in [3.05, 3.63) is 47.4 Å². The molecule has 2 aliphatic rings. The summed E-state index contributed by atoms with van der Waals surface area (Å²) in [6, 6.07) is 5.34. The van der Waals surface area contributed by atoms with E-state index in [2.05, 4.69) is 20.3 Å². The molecule has 1 atom stereocenters. The van der Waals surface area contributed by atoms with Gasteiger partial charge in [-0.2, -0.15) is 0 Å². The lowest BCUT2D eigenvalue weighted by molar-refractivity contribution is -0.137. The quantitative estimate of drug-likeness (QED) is 0.533. The highest BCUT2D eigenvalue weighted by atomic mass is 16.5. The van der Waals surface area contributed by atoms with Gasteiger partial charge in [0, 0.05) is 31.3 Å². The molecule has 1 unspecified atom stereocenters. The Kier molecular flexibility index (Phi) is 5.55. The molecule has 3 N–H and O–H groups in total. The number of ether oxygens (including phenoxy) is 2. The number of hydrogen-bond donors (Lipinski definition) is 2. The third-order valence-corrected chi connectivity index (χ3v) is 6.24. The standard InChI is InChI=1S/C25H28N6O4/c1-13-7-20-16(24(33)34-13)5-6-21(29-20)30-22-8-17-18(9-27-22)23(28-10-19(17)25(3,4)26)35-15-11-31(12-15)14(2)32/h5-6,8-10,13,15H,7,11-12,26H2,1-4H3,(H,27,29,30). The SMILES string of the molecule is CC(=O)N1CC(Oc2ncc(C(C)(C)N)c3cc(Nc4ccc5c(n4)CC(C)OC5=O)ncc23)C1. The predicted molar refractivity (Wildman–Crippen MR) is 130 cm³/mol. The largest absolute Gasteiger partial charge is 0.470 e. The van der Waals surface area contributed by atoms with E-state index in [0.29, 0.717) is 48.3 Å². The van der Waals surface area contributed by atoms with E-state index in [1.54, 1.807) is 36.4 Å². The average molecular weight is 477 g/mol. The van der Waals surface area contributed by atoms with Crippen LogP contribution >= 0.6 is 0 Å². The molecule has 5 heterocycles. The van der Waals surface area contributed by atoms with E-state index in [9.17, 15) is 9.59 Å². The fourth-order valence-electron chi connectivity index (χ4n) is 4.32. The first kappa shape index (κ1) is 23.0. The van der Waals surface area contributed by atoms with Gasteiger partial charge in [-0.1, -0.05) is 0 Å². The van der Waals surface area contributed by atoms with Gasteiger partial charge in [-0.25, -0.2) is 19.7 Å². The summed E-state index contributed by atoms with van der Waals surface area (Å²) in [6.45, 7) is 8.29. The number of pyridine rings is 3. The molecular weight excluding hydrogens is 448 g/mol. The van der Waals surface area contributed by atoms with Crippen molar-refractivity contribution in [1.82, 2.24) is 19.9 Å². The van der Waals surface area contributed by atoms with E-state index in [0.717, 1.165) is 16.3 Å². The lowest BCUT2D eigenvalue weighted by atomic mass is 9.93. The number of nitrogens with one attached hydrogen (secondary N) is 1. The van der Waals surface area contributed by atoms with Crippen LogP contribution in [0.2, 0.25) is 0 Å². The summed E-state index contributed by atoms with van der Waals surface area (Å²) in [5.74, 6) is 1.29. The van der Waals surface area contributed by atoms with Gasteiger partial charge in [-0.3, -0.25) is 4.79 Å². The predicted octanol–water partition coefficient (Wildman–Crippen LogP) is 2.67. The molecule has 0 aromatic carbocycles. The number of cyclic esters (lactones) is 1. The van der Waals surface area contributed by atoms with E-state index in [-0.39, 0.29) is 24.1 Å². The number of hydrogen-bond acceptors (Lipinski definition) is 9. The molecule has 3 aromatic heterocycles. The van der Waals surface area contributed by atoms with Crippen LogP contribution in [0.1, 0.15) is 49.3 Å². The van der Waals surface area contributed by atoms with Crippen LogP contribution in [0.4, 0.5) is 11.6 Å². The van der Waals surface area contributed by atoms with Gasteiger partial charge in [0.2, 0.25) is 11.8 Å². The highest BCUT2D eigenvalue weighted by molar-refractivity contribution is 5.93. The summed E-state index contributed by atoms with van der Waals surface area (Å²) in [6.07, 6.45) is 3.66. The molecule has 35 heavy (non-hydrogen) atoms. The maximum atomic E-state index is 12.1. The van der Waals surface area contributed by atoms with E-state index >= 15 is 0 Å². The Morgan fingerprint density at radius 1 is 1.20 bits per heavy atom. The van der Waals surface area contributed by atoms with Gasteiger partial charge in [-0.05, 0) is 49.9 Å². The molecule has 0 spiro atoms. The molecule has 2 aliphatic heterocycles. The molecule has 10 nitrogen and oxygen atoms in total. The second kappa shape index (κ2) is 8.46. The van der Waals surface area contributed by atoms with Crippen molar-refractivity contribution in [3.63, 3.8) is 0 Å². The third-order valence-electron chi connectivity index (χ3n) is 6.24. The van der Waals surface area contributed by atoms with Crippen molar-refractivity contribution in [1.29, 1.82) is 0 Å². The maximum Gasteiger partial charge on any atom is 0.340 e. The maximum absolute atomic E-state index is 12.1. The molecule has 1 fully saturated rings. The van der Waals surface area contributed by atoms with Crippen molar-refractivity contribution in [2.24, 2.45) is 5.73 Å². The minimum atomic E-state index is -0.648. The number of fused-ring (bicyclic) bond motifs is 2. The van der Waals surface area contributed by atoms with Crippen molar-refractivity contribution in [2.75, 3.05) is 18.4 Å². The van der Waals surface area contributed by atoms with E-state index in [1.165, 1.54) is 0 Å². The van der Waals surface area contributed by atoms with E-state index < -0.39 is 5.54 Å². The molecule has 0 bridgehead atoms. The van der Waals surface area contributed by atoms with Crippen molar-refractivity contribution >= 4 is 34.3 Å². The summed E-state index contributed by atoms with van der Waals surface area (Å²) in [4.78, 5) is 39.0. The van der Waals surface area contributed by atoms with Crippen LogP contribution in [0, 0.1) is 0 Å². The Labute approximate surface area is 202 Å². The van der Waals surface area contributed by atoms with Gasteiger partial charge < -0.3 is 25.4 Å². The van der Waals surface area contributed by atoms with Crippen LogP contribution < -0.4 is 15.8 Å². The number of nitrogens with two attached hydrogens (primary N) is 1. The minimum absolute atomic E-state index is 0.0300. The molecule has 1 amide bonds. The van der Waals surface area contributed by atoms with Gasteiger partial charge in [0.15, 0.2) is 0 Å². The summed E-state index contributed by atoms with van der Waals surface area (Å²) < 4.78 is 11.4. The van der Waals surface area contributed by atoms with Crippen LogP contribution in [0.15, 0.2) is 30.6 Å². The van der Waals surface area contributed by atoms with Crippen LogP contribution in [0.5, 0.6) is 5.88 Å². The van der Waals surface area contributed by atoms with Gasteiger partial charge >= 0.3 is 5.97 Å². The zero-order valence-electron chi connectivity index (χ0n) is 20.2. The van der Waals surface area contributed by atoms with Gasteiger partial charge in [0.05, 0.1) is 29.7 Å². The molecule has 1 saturated heterocycles. The number of likely N-dealkylation sites (tertiary alicyclic amines) is 1. The number of esters is 1. The van der Waals surface area contributed by atoms with Gasteiger partial charge in [0.25, 0.3) is 0 Å². The smallest absolute Gasteiger partial charge is 0.340 e. The molecule has 5 rings (SSSR count). The second-order valence-corrected chi connectivity index (χ2v) is 9.71. The number of anilines is 2. The number of aromatic nitrogens is 3.